The molecule has 0 saturated carbocycles. The van der Waals surface area contributed by atoms with E-state index in [1.165, 1.54) is 0 Å². The fourth-order valence-corrected chi connectivity index (χ4v) is 3.42. The molecule has 1 aliphatic rings. The average molecular weight is 339 g/mol. The maximum atomic E-state index is 13.0. The van der Waals surface area contributed by atoms with Crippen LogP contribution in [0.15, 0.2) is 18.3 Å². The Hall–Kier alpha value is -2.90. The van der Waals surface area contributed by atoms with E-state index >= 15 is 0 Å². The molecule has 8 heteroatoms. The summed E-state index contributed by atoms with van der Waals surface area (Å²) in [6, 6.07) is 3.82. The zero-order valence-corrected chi connectivity index (χ0v) is 14.4. The molecular weight excluding hydrogens is 318 g/mol. The molecule has 0 unspecified atom stereocenters. The number of nitrogen functional groups attached to an aromatic ring is 1. The third-order valence-corrected chi connectivity index (χ3v) is 4.60. The molecular formula is C17H21N7O. The van der Waals surface area contributed by atoms with Crippen LogP contribution in [-0.2, 0) is 19.6 Å². The fourth-order valence-electron chi connectivity index (χ4n) is 3.42. The number of aryl methyl sites for hydroxylation is 3. The zero-order valence-electron chi connectivity index (χ0n) is 14.4. The molecule has 0 radical (unpaired) electrons. The maximum absolute atomic E-state index is 13.0. The lowest BCUT2D eigenvalue weighted by Crippen LogP contribution is -2.30. The van der Waals surface area contributed by atoms with E-state index < -0.39 is 0 Å². The van der Waals surface area contributed by atoms with Crippen LogP contribution in [0.5, 0.6) is 0 Å². The topological polar surface area (TPSA) is 94.9 Å². The SMILES string of the molecule is CCn1c(N)nc2cc(C(=O)N3CCCn4nc(C)cc4C3)cnc21. The molecule has 1 aliphatic heterocycles. The normalized spacial score (nSPS) is 14.6. The summed E-state index contributed by atoms with van der Waals surface area (Å²) in [6.07, 6.45) is 2.50. The van der Waals surface area contributed by atoms with Gasteiger partial charge in [0.15, 0.2) is 5.65 Å². The van der Waals surface area contributed by atoms with Gasteiger partial charge >= 0.3 is 0 Å². The van der Waals surface area contributed by atoms with Crippen molar-refractivity contribution in [2.24, 2.45) is 0 Å². The first-order valence-electron chi connectivity index (χ1n) is 8.51. The van der Waals surface area contributed by atoms with Crippen molar-refractivity contribution in [3.8, 4) is 0 Å². The van der Waals surface area contributed by atoms with Gasteiger partial charge < -0.3 is 10.6 Å². The van der Waals surface area contributed by atoms with Crippen molar-refractivity contribution in [1.29, 1.82) is 0 Å². The van der Waals surface area contributed by atoms with Crippen LogP contribution in [0, 0.1) is 6.92 Å². The van der Waals surface area contributed by atoms with Crippen LogP contribution in [0.3, 0.4) is 0 Å². The lowest BCUT2D eigenvalue weighted by molar-refractivity contribution is 0.0745. The predicted molar refractivity (Wildman–Crippen MR) is 93.9 cm³/mol. The minimum atomic E-state index is -0.0358. The average Bonchev–Trinajstić information content (AvgIpc) is 3.03. The first kappa shape index (κ1) is 15.6. The summed E-state index contributed by atoms with van der Waals surface area (Å²) in [6.45, 7) is 6.74. The van der Waals surface area contributed by atoms with Gasteiger partial charge in [-0.15, -0.1) is 0 Å². The Balaban J connectivity index is 1.65. The number of carbonyl (C=O) groups is 1. The smallest absolute Gasteiger partial charge is 0.255 e. The molecule has 0 aromatic carbocycles. The Bertz CT molecular complexity index is 955. The Morgan fingerprint density at radius 2 is 2.16 bits per heavy atom. The molecule has 4 heterocycles. The first-order chi connectivity index (χ1) is 12.1. The number of pyridine rings is 1. The monoisotopic (exact) mass is 339 g/mol. The number of anilines is 1. The molecule has 3 aromatic heterocycles. The highest BCUT2D eigenvalue weighted by Crippen LogP contribution is 2.20. The van der Waals surface area contributed by atoms with Crippen molar-refractivity contribution in [1.82, 2.24) is 29.2 Å². The summed E-state index contributed by atoms with van der Waals surface area (Å²) in [4.78, 5) is 23.6. The zero-order chi connectivity index (χ0) is 17.6. The molecule has 0 atom stereocenters. The summed E-state index contributed by atoms with van der Waals surface area (Å²) < 4.78 is 3.82. The molecule has 0 fully saturated rings. The van der Waals surface area contributed by atoms with Crippen LogP contribution in [-0.4, -0.2) is 41.7 Å². The molecule has 8 nitrogen and oxygen atoms in total. The van der Waals surface area contributed by atoms with Crippen molar-refractivity contribution in [3.63, 3.8) is 0 Å². The van der Waals surface area contributed by atoms with E-state index in [1.54, 1.807) is 12.3 Å². The van der Waals surface area contributed by atoms with Crippen LogP contribution in [0.1, 0.15) is 35.1 Å². The molecule has 0 spiro atoms. The van der Waals surface area contributed by atoms with Gasteiger partial charge in [-0.25, -0.2) is 9.97 Å². The van der Waals surface area contributed by atoms with Gasteiger partial charge in [0.05, 0.1) is 23.5 Å². The molecule has 0 saturated heterocycles. The lowest BCUT2D eigenvalue weighted by atomic mass is 10.2. The van der Waals surface area contributed by atoms with E-state index in [0.29, 0.717) is 42.3 Å². The second-order valence-corrected chi connectivity index (χ2v) is 6.36. The highest BCUT2D eigenvalue weighted by molar-refractivity contribution is 5.96. The van der Waals surface area contributed by atoms with Gasteiger partial charge in [-0.1, -0.05) is 0 Å². The Kier molecular flexibility index (Phi) is 3.67. The van der Waals surface area contributed by atoms with E-state index in [0.717, 1.165) is 24.4 Å². The van der Waals surface area contributed by atoms with Crippen LogP contribution >= 0.6 is 0 Å². The van der Waals surface area contributed by atoms with Gasteiger partial charge in [0, 0.05) is 25.8 Å². The van der Waals surface area contributed by atoms with Gasteiger partial charge in [0.25, 0.3) is 5.91 Å². The second-order valence-electron chi connectivity index (χ2n) is 6.36. The van der Waals surface area contributed by atoms with Gasteiger partial charge in [-0.3, -0.25) is 14.0 Å². The van der Waals surface area contributed by atoms with Gasteiger partial charge in [0.1, 0.15) is 5.52 Å². The Labute approximate surface area is 145 Å². The fraction of sp³-hybridized carbons (Fsp3) is 0.412. The number of hydrogen-bond donors (Lipinski definition) is 1. The number of nitrogens with zero attached hydrogens (tertiary/aromatic N) is 6. The second kappa shape index (κ2) is 5.87. The molecule has 4 rings (SSSR count). The Morgan fingerprint density at radius 3 is 2.96 bits per heavy atom. The largest absolute Gasteiger partial charge is 0.369 e. The van der Waals surface area contributed by atoms with Crippen LogP contribution in [0.2, 0.25) is 0 Å². The summed E-state index contributed by atoms with van der Waals surface area (Å²) >= 11 is 0. The molecule has 130 valence electrons. The summed E-state index contributed by atoms with van der Waals surface area (Å²) in [5.74, 6) is 0.384. The number of fused-ring (bicyclic) bond motifs is 2. The number of carbonyl (C=O) groups excluding carboxylic acids is 1. The van der Waals surface area contributed by atoms with E-state index in [9.17, 15) is 4.79 Å². The number of hydrogen-bond acceptors (Lipinski definition) is 5. The summed E-state index contributed by atoms with van der Waals surface area (Å²) in [7, 11) is 0. The number of nitrogens with two attached hydrogens (primary N) is 1. The number of aromatic nitrogens is 5. The van der Waals surface area contributed by atoms with Crippen molar-refractivity contribution in [2.75, 3.05) is 12.3 Å². The predicted octanol–water partition coefficient (Wildman–Crippen LogP) is 1.58. The minimum Gasteiger partial charge on any atom is -0.369 e. The Morgan fingerprint density at radius 1 is 1.32 bits per heavy atom. The number of rotatable bonds is 2. The first-order valence-corrected chi connectivity index (χ1v) is 8.51. The maximum Gasteiger partial charge on any atom is 0.255 e. The van der Waals surface area contributed by atoms with E-state index in [2.05, 4.69) is 15.1 Å². The van der Waals surface area contributed by atoms with E-state index in [1.807, 2.05) is 34.1 Å². The molecule has 1 amide bonds. The molecule has 2 N–H and O–H groups in total. The van der Waals surface area contributed by atoms with Crippen LogP contribution < -0.4 is 5.73 Å². The van der Waals surface area contributed by atoms with Crippen molar-refractivity contribution in [3.05, 3.63) is 35.3 Å². The van der Waals surface area contributed by atoms with Crippen LogP contribution in [0.25, 0.3) is 11.2 Å². The van der Waals surface area contributed by atoms with Crippen molar-refractivity contribution >= 4 is 23.0 Å². The third kappa shape index (κ3) is 2.63. The highest BCUT2D eigenvalue weighted by atomic mass is 16.2. The van der Waals surface area contributed by atoms with Crippen molar-refractivity contribution < 1.29 is 4.79 Å². The van der Waals surface area contributed by atoms with E-state index in [4.69, 9.17) is 5.73 Å². The highest BCUT2D eigenvalue weighted by Gasteiger charge is 2.22. The minimum absolute atomic E-state index is 0.0358. The number of imidazole rings is 1. The molecule has 0 aliphatic carbocycles. The van der Waals surface area contributed by atoms with Gasteiger partial charge in [0.2, 0.25) is 5.95 Å². The quantitative estimate of drug-likeness (QED) is 0.765. The van der Waals surface area contributed by atoms with Crippen LogP contribution in [0.4, 0.5) is 5.95 Å². The number of amides is 1. The van der Waals surface area contributed by atoms with Crippen molar-refractivity contribution in [2.45, 2.75) is 39.9 Å². The summed E-state index contributed by atoms with van der Waals surface area (Å²) in [5, 5.41) is 4.48. The van der Waals surface area contributed by atoms with Gasteiger partial charge in [-0.05, 0) is 32.4 Å². The molecule has 3 aromatic rings. The van der Waals surface area contributed by atoms with Gasteiger partial charge in [-0.2, -0.15) is 5.10 Å². The summed E-state index contributed by atoms with van der Waals surface area (Å²) in [5.41, 5.74) is 9.86. The molecule has 0 bridgehead atoms. The van der Waals surface area contributed by atoms with E-state index in [-0.39, 0.29) is 5.91 Å². The lowest BCUT2D eigenvalue weighted by Gasteiger charge is -2.19. The standard InChI is InChI=1S/C17H21N7O/c1-3-23-15-14(20-17(23)18)8-12(9-19-15)16(25)22-5-4-6-24-13(10-22)7-11(2)21-24/h7-9H,3-6,10H2,1-2H3,(H2,18,20). The molecule has 25 heavy (non-hydrogen) atoms. The third-order valence-electron chi connectivity index (χ3n) is 4.60.